The Morgan fingerprint density at radius 2 is 2.00 bits per heavy atom. The summed E-state index contributed by atoms with van der Waals surface area (Å²) in [6.45, 7) is 0.0173. The van der Waals surface area contributed by atoms with Crippen LogP contribution in [0.2, 0.25) is 0 Å². The summed E-state index contributed by atoms with van der Waals surface area (Å²) in [5, 5.41) is 28.1. The molecule has 1 aliphatic heterocycles. The lowest BCUT2D eigenvalue weighted by Crippen LogP contribution is -2.41. The Morgan fingerprint density at radius 3 is 2.63 bits per heavy atom. The summed E-state index contributed by atoms with van der Waals surface area (Å²) in [5.41, 5.74) is 0.443. The number of carbonyl (C=O) groups is 2. The zero-order valence-corrected chi connectivity index (χ0v) is 10.2. The SMILES string of the molecule is O=C(O)[C@H]1C[C@@H](O)CN1C(=O)Cc1ccccc1O. The smallest absolute Gasteiger partial charge is 0.326 e. The second-order valence-corrected chi connectivity index (χ2v) is 4.60. The number of hydrogen-bond donors (Lipinski definition) is 3. The molecule has 1 fully saturated rings. The van der Waals surface area contributed by atoms with Crippen molar-refractivity contribution in [2.24, 2.45) is 0 Å². The van der Waals surface area contributed by atoms with Crippen molar-refractivity contribution >= 4 is 11.9 Å². The van der Waals surface area contributed by atoms with Crippen LogP contribution < -0.4 is 0 Å². The summed E-state index contributed by atoms with van der Waals surface area (Å²) in [7, 11) is 0. The Hall–Kier alpha value is -2.08. The van der Waals surface area contributed by atoms with Crippen LogP contribution in [-0.4, -0.2) is 50.8 Å². The fourth-order valence-corrected chi connectivity index (χ4v) is 2.25. The molecule has 0 unspecified atom stereocenters. The number of carboxylic acid groups (broad SMARTS) is 1. The van der Waals surface area contributed by atoms with Crippen molar-refractivity contribution in [1.82, 2.24) is 4.90 Å². The van der Waals surface area contributed by atoms with Crippen LogP contribution in [0.1, 0.15) is 12.0 Å². The lowest BCUT2D eigenvalue weighted by Gasteiger charge is -2.21. The van der Waals surface area contributed by atoms with Crippen LogP contribution in [0, 0.1) is 0 Å². The minimum atomic E-state index is -1.12. The molecule has 19 heavy (non-hydrogen) atoms. The van der Waals surface area contributed by atoms with E-state index < -0.39 is 24.0 Å². The van der Waals surface area contributed by atoms with E-state index in [0.29, 0.717) is 5.56 Å². The first kappa shape index (κ1) is 13.4. The fourth-order valence-electron chi connectivity index (χ4n) is 2.25. The van der Waals surface area contributed by atoms with Gasteiger partial charge in [-0.15, -0.1) is 0 Å². The van der Waals surface area contributed by atoms with E-state index >= 15 is 0 Å². The zero-order chi connectivity index (χ0) is 14.0. The number of phenols is 1. The molecule has 2 rings (SSSR count). The largest absolute Gasteiger partial charge is 0.508 e. The molecule has 0 spiro atoms. The number of amides is 1. The van der Waals surface area contributed by atoms with Gasteiger partial charge in [-0.25, -0.2) is 4.79 Å². The number of para-hydroxylation sites is 1. The van der Waals surface area contributed by atoms with E-state index in [0.717, 1.165) is 4.90 Å². The summed E-state index contributed by atoms with van der Waals surface area (Å²) in [6, 6.07) is 5.41. The first-order valence-electron chi connectivity index (χ1n) is 5.96. The molecule has 1 saturated heterocycles. The molecule has 2 atom stereocenters. The zero-order valence-electron chi connectivity index (χ0n) is 10.2. The van der Waals surface area contributed by atoms with Gasteiger partial charge in [0.1, 0.15) is 11.8 Å². The highest BCUT2D eigenvalue weighted by Gasteiger charge is 2.38. The predicted octanol–water partition coefficient (Wildman–Crippen LogP) is -0.0189. The molecule has 3 N–H and O–H groups in total. The number of carboxylic acids is 1. The second kappa shape index (κ2) is 5.27. The second-order valence-electron chi connectivity index (χ2n) is 4.60. The minimum Gasteiger partial charge on any atom is -0.508 e. The van der Waals surface area contributed by atoms with Crippen LogP contribution in [0.4, 0.5) is 0 Å². The summed E-state index contributed by atoms with van der Waals surface area (Å²) < 4.78 is 0. The number of aliphatic hydroxyl groups excluding tert-OH is 1. The van der Waals surface area contributed by atoms with Crippen molar-refractivity contribution in [3.8, 4) is 5.75 Å². The third kappa shape index (κ3) is 2.85. The molecule has 102 valence electrons. The first-order valence-corrected chi connectivity index (χ1v) is 5.96. The summed E-state index contributed by atoms with van der Waals surface area (Å²) in [5.74, 6) is -1.53. The number of phenolic OH excluding ortho intramolecular Hbond substituents is 1. The van der Waals surface area contributed by atoms with E-state index in [1.54, 1.807) is 18.2 Å². The van der Waals surface area contributed by atoms with Crippen molar-refractivity contribution in [2.45, 2.75) is 25.0 Å². The van der Waals surface area contributed by atoms with Gasteiger partial charge in [0, 0.05) is 18.5 Å². The van der Waals surface area contributed by atoms with Crippen molar-refractivity contribution in [3.05, 3.63) is 29.8 Å². The van der Waals surface area contributed by atoms with Gasteiger partial charge in [-0.05, 0) is 6.07 Å². The van der Waals surface area contributed by atoms with E-state index in [9.17, 15) is 19.8 Å². The van der Waals surface area contributed by atoms with E-state index in [1.165, 1.54) is 6.07 Å². The van der Waals surface area contributed by atoms with E-state index in [1.807, 2.05) is 0 Å². The number of β-amino-alcohol motifs (C(OH)–C–C–N with tert-alkyl or cyclic N) is 1. The molecule has 0 bridgehead atoms. The summed E-state index contributed by atoms with van der Waals surface area (Å²) >= 11 is 0. The van der Waals surface area contributed by atoms with Crippen LogP contribution in [0.15, 0.2) is 24.3 Å². The van der Waals surface area contributed by atoms with Gasteiger partial charge in [0.25, 0.3) is 0 Å². The minimum absolute atomic E-state index is 0.00229. The highest BCUT2D eigenvalue weighted by Crippen LogP contribution is 2.22. The van der Waals surface area contributed by atoms with Crippen molar-refractivity contribution in [2.75, 3.05) is 6.54 Å². The molecular formula is C13H15NO5. The van der Waals surface area contributed by atoms with Crippen molar-refractivity contribution in [1.29, 1.82) is 0 Å². The predicted molar refractivity (Wildman–Crippen MR) is 65.6 cm³/mol. The number of carbonyl (C=O) groups excluding carboxylic acids is 1. The molecule has 0 aliphatic carbocycles. The molecule has 1 amide bonds. The van der Waals surface area contributed by atoms with Crippen molar-refractivity contribution in [3.63, 3.8) is 0 Å². The molecule has 1 aliphatic rings. The van der Waals surface area contributed by atoms with Gasteiger partial charge in [0.15, 0.2) is 0 Å². The van der Waals surface area contributed by atoms with Crippen LogP contribution in [-0.2, 0) is 16.0 Å². The number of benzene rings is 1. The molecule has 0 saturated carbocycles. The lowest BCUT2D eigenvalue weighted by molar-refractivity contribution is -0.148. The van der Waals surface area contributed by atoms with Gasteiger partial charge in [-0.1, -0.05) is 18.2 Å². The topological polar surface area (TPSA) is 98.1 Å². The van der Waals surface area contributed by atoms with Gasteiger partial charge in [0.2, 0.25) is 5.91 Å². The Kier molecular flexibility index (Phi) is 3.71. The normalized spacial score (nSPS) is 22.5. The van der Waals surface area contributed by atoms with Crippen LogP contribution >= 0.6 is 0 Å². The first-order chi connectivity index (χ1) is 8.99. The van der Waals surface area contributed by atoms with Gasteiger partial charge in [0.05, 0.1) is 12.5 Å². The average molecular weight is 265 g/mol. The molecular weight excluding hydrogens is 250 g/mol. The maximum absolute atomic E-state index is 12.1. The Labute approximate surface area is 109 Å². The van der Waals surface area contributed by atoms with Crippen LogP contribution in [0.25, 0.3) is 0 Å². The van der Waals surface area contributed by atoms with Crippen LogP contribution in [0.3, 0.4) is 0 Å². The van der Waals surface area contributed by atoms with E-state index in [4.69, 9.17) is 5.11 Å². The van der Waals surface area contributed by atoms with E-state index in [-0.39, 0.29) is 25.1 Å². The third-order valence-electron chi connectivity index (χ3n) is 3.22. The lowest BCUT2D eigenvalue weighted by atomic mass is 10.1. The number of hydrogen-bond acceptors (Lipinski definition) is 4. The number of likely N-dealkylation sites (tertiary alicyclic amines) is 1. The maximum atomic E-state index is 12.1. The fraction of sp³-hybridized carbons (Fsp3) is 0.385. The van der Waals surface area contributed by atoms with Gasteiger partial charge >= 0.3 is 5.97 Å². The highest BCUT2D eigenvalue weighted by molar-refractivity contribution is 5.86. The molecule has 1 aromatic rings. The van der Waals surface area contributed by atoms with Crippen LogP contribution in [0.5, 0.6) is 5.75 Å². The number of rotatable bonds is 3. The number of nitrogens with zero attached hydrogens (tertiary/aromatic N) is 1. The summed E-state index contributed by atoms with van der Waals surface area (Å²) in [6.07, 6.45) is -0.847. The standard InChI is InChI=1S/C13H15NO5/c15-9-6-10(13(18)19)14(7-9)12(17)5-8-3-1-2-4-11(8)16/h1-4,9-10,15-16H,5-7H2,(H,18,19)/t9-,10-/m1/s1. The van der Waals surface area contributed by atoms with Crippen molar-refractivity contribution < 1.29 is 24.9 Å². The average Bonchev–Trinajstić information content (AvgIpc) is 2.74. The van der Waals surface area contributed by atoms with Gasteiger partial charge < -0.3 is 20.2 Å². The molecule has 6 heteroatoms. The highest BCUT2D eigenvalue weighted by atomic mass is 16.4. The molecule has 0 aromatic heterocycles. The van der Waals surface area contributed by atoms with Gasteiger partial charge in [-0.3, -0.25) is 4.79 Å². The Balaban J connectivity index is 2.11. The Morgan fingerprint density at radius 1 is 1.32 bits per heavy atom. The molecule has 1 heterocycles. The number of aromatic hydroxyl groups is 1. The quantitative estimate of drug-likeness (QED) is 0.713. The maximum Gasteiger partial charge on any atom is 0.326 e. The third-order valence-corrected chi connectivity index (χ3v) is 3.22. The molecule has 1 aromatic carbocycles. The number of aliphatic hydroxyl groups is 1. The van der Waals surface area contributed by atoms with Gasteiger partial charge in [-0.2, -0.15) is 0 Å². The molecule has 6 nitrogen and oxygen atoms in total. The summed E-state index contributed by atoms with van der Waals surface area (Å²) in [4.78, 5) is 24.2. The Bertz CT molecular complexity index is 502. The number of aliphatic carboxylic acids is 1. The monoisotopic (exact) mass is 265 g/mol. The van der Waals surface area contributed by atoms with E-state index in [2.05, 4.69) is 0 Å². The molecule has 0 radical (unpaired) electrons.